The minimum atomic E-state index is 0.00356. The van der Waals surface area contributed by atoms with Crippen LogP contribution in [0.15, 0.2) is 11.7 Å². The summed E-state index contributed by atoms with van der Waals surface area (Å²) in [7, 11) is 0. The fourth-order valence-corrected chi connectivity index (χ4v) is 2.89. The molecule has 1 aliphatic carbocycles. The highest BCUT2D eigenvalue weighted by atomic mass is 79.9. The van der Waals surface area contributed by atoms with Crippen molar-refractivity contribution >= 4 is 33.2 Å². The molecule has 2 atom stereocenters. The van der Waals surface area contributed by atoms with Crippen molar-refractivity contribution in [1.29, 1.82) is 0 Å². The van der Waals surface area contributed by atoms with Gasteiger partial charge in [-0.3, -0.25) is 9.78 Å². The van der Waals surface area contributed by atoms with E-state index in [-0.39, 0.29) is 11.9 Å². The van der Waals surface area contributed by atoms with Gasteiger partial charge in [0.1, 0.15) is 4.88 Å². The van der Waals surface area contributed by atoms with Crippen molar-refractivity contribution < 1.29 is 4.79 Å². The number of nitrogens with zero attached hydrogens (tertiary/aromatic N) is 1. The summed E-state index contributed by atoms with van der Waals surface area (Å²) in [4.78, 5) is 16.6. The van der Waals surface area contributed by atoms with Crippen LogP contribution >= 0.6 is 27.3 Å². The van der Waals surface area contributed by atoms with Gasteiger partial charge in [0.25, 0.3) is 5.91 Å². The lowest BCUT2D eigenvalue weighted by Crippen LogP contribution is -2.37. The predicted molar refractivity (Wildman–Crippen MR) is 59.9 cm³/mol. The molecule has 5 heteroatoms. The van der Waals surface area contributed by atoms with Gasteiger partial charge in [0, 0.05) is 10.9 Å². The number of hydrogen-bond acceptors (Lipinski definition) is 3. The first kappa shape index (κ1) is 10.1. The Kier molecular flexibility index (Phi) is 3.18. The van der Waals surface area contributed by atoms with Crippen LogP contribution in [0.25, 0.3) is 0 Å². The highest BCUT2D eigenvalue weighted by Gasteiger charge is 2.26. The van der Waals surface area contributed by atoms with Crippen LogP contribution in [-0.4, -0.2) is 21.8 Å². The number of carbonyl (C=O) groups excluding carboxylic acids is 1. The first-order valence-corrected chi connectivity index (χ1v) is 6.40. The fourth-order valence-electron chi connectivity index (χ4n) is 1.64. The number of aromatic nitrogens is 1. The molecule has 2 rings (SSSR count). The average Bonchev–Trinajstić information content (AvgIpc) is 2.77. The van der Waals surface area contributed by atoms with Crippen molar-refractivity contribution in [1.82, 2.24) is 10.3 Å². The normalized spacial score (nSPS) is 26.4. The summed E-state index contributed by atoms with van der Waals surface area (Å²) in [6.45, 7) is 0. The summed E-state index contributed by atoms with van der Waals surface area (Å²) in [5.74, 6) is 0.00356. The number of hydrogen-bond donors (Lipinski definition) is 1. The van der Waals surface area contributed by atoms with Gasteiger partial charge in [-0.1, -0.05) is 22.4 Å². The molecule has 14 heavy (non-hydrogen) atoms. The summed E-state index contributed by atoms with van der Waals surface area (Å²) < 4.78 is 0. The third-order valence-electron chi connectivity index (χ3n) is 2.40. The molecule has 1 saturated carbocycles. The Morgan fingerprint density at radius 1 is 1.64 bits per heavy atom. The molecule has 0 aromatic carbocycles. The maximum Gasteiger partial charge on any atom is 0.263 e. The summed E-state index contributed by atoms with van der Waals surface area (Å²) in [6.07, 6.45) is 5.01. The van der Waals surface area contributed by atoms with Gasteiger partial charge in [0.05, 0.1) is 11.7 Å². The number of rotatable bonds is 2. The highest BCUT2D eigenvalue weighted by molar-refractivity contribution is 9.09. The SMILES string of the molecule is O=C(NC1CCCC1Br)c1cncs1. The van der Waals surface area contributed by atoms with Crippen LogP contribution in [0.4, 0.5) is 0 Å². The molecule has 3 nitrogen and oxygen atoms in total. The quantitative estimate of drug-likeness (QED) is 0.841. The Balaban J connectivity index is 1.95. The zero-order valence-corrected chi connectivity index (χ0v) is 9.97. The van der Waals surface area contributed by atoms with E-state index >= 15 is 0 Å². The lowest BCUT2D eigenvalue weighted by atomic mass is 10.2. The van der Waals surface area contributed by atoms with E-state index in [2.05, 4.69) is 26.2 Å². The lowest BCUT2D eigenvalue weighted by Gasteiger charge is -2.14. The van der Waals surface area contributed by atoms with E-state index in [1.807, 2.05) is 0 Å². The van der Waals surface area contributed by atoms with Crippen LogP contribution in [0.2, 0.25) is 0 Å². The molecule has 1 aromatic heterocycles. The third-order valence-corrected chi connectivity index (χ3v) is 4.27. The predicted octanol–water partition coefficient (Wildman–Crippen LogP) is 2.19. The zero-order chi connectivity index (χ0) is 9.97. The molecule has 0 radical (unpaired) electrons. The maximum atomic E-state index is 11.6. The smallest absolute Gasteiger partial charge is 0.263 e. The molecule has 1 fully saturated rings. The minimum Gasteiger partial charge on any atom is -0.347 e. The summed E-state index contributed by atoms with van der Waals surface area (Å²) in [5, 5.41) is 3.02. The van der Waals surface area contributed by atoms with Crippen LogP contribution in [0, 0.1) is 0 Å². The molecule has 0 spiro atoms. The highest BCUT2D eigenvalue weighted by Crippen LogP contribution is 2.25. The molecule has 76 valence electrons. The first-order chi connectivity index (χ1) is 6.77. The van der Waals surface area contributed by atoms with Gasteiger partial charge in [0.2, 0.25) is 0 Å². The van der Waals surface area contributed by atoms with Gasteiger partial charge in [-0.2, -0.15) is 0 Å². The molecular formula is C9H11BrN2OS. The van der Waals surface area contributed by atoms with E-state index < -0.39 is 0 Å². The van der Waals surface area contributed by atoms with Crippen molar-refractivity contribution in [2.45, 2.75) is 30.1 Å². The summed E-state index contributed by atoms with van der Waals surface area (Å²) >= 11 is 4.95. The second-order valence-corrected chi connectivity index (χ2v) is 5.46. The van der Waals surface area contributed by atoms with Gasteiger partial charge in [-0.05, 0) is 12.8 Å². The Hall–Kier alpha value is -0.420. The van der Waals surface area contributed by atoms with E-state index in [1.54, 1.807) is 11.7 Å². The lowest BCUT2D eigenvalue weighted by molar-refractivity contribution is 0.0943. The van der Waals surface area contributed by atoms with E-state index in [9.17, 15) is 4.79 Å². The Morgan fingerprint density at radius 2 is 2.50 bits per heavy atom. The van der Waals surface area contributed by atoms with Gasteiger partial charge in [0.15, 0.2) is 0 Å². The van der Waals surface area contributed by atoms with Crippen molar-refractivity contribution in [3.05, 3.63) is 16.6 Å². The fraction of sp³-hybridized carbons (Fsp3) is 0.556. The first-order valence-electron chi connectivity index (χ1n) is 4.61. The van der Waals surface area contributed by atoms with Gasteiger partial charge < -0.3 is 5.32 Å². The van der Waals surface area contributed by atoms with Crippen LogP contribution in [0.3, 0.4) is 0 Å². The van der Waals surface area contributed by atoms with Crippen LogP contribution in [0.1, 0.15) is 28.9 Å². The Labute approximate surface area is 95.1 Å². The molecule has 1 N–H and O–H groups in total. The van der Waals surface area contributed by atoms with Gasteiger partial charge >= 0.3 is 0 Å². The van der Waals surface area contributed by atoms with Crippen LogP contribution < -0.4 is 5.32 Å². The van der Waals surface area contributed by atoms with Crippen LogP contribution in [-0.2, 0) is 0 Å². The maximum absolute atomic E-state index is 11.6. The standard InChI is InChI=1S/C9H11BrN2OS/c10-6-2-1-3-7(6)12-9(13)8-4-11-5-14-8/h4-7H,1-3H2,(H,12,13). The average molecular weight is 275 g/mol. The summed E-state index contributed by atoms with van der Waals surface area (Å²) in [5.41, 5.74) is 1.68. The number of halogens is 1. The Bertz CT molecular complexity index is 315. The zero-order valence-electron chi connectivity index (χ0n) is 7.57. The third kappa shape index (κ3) is 2.15. The monoisotopic (exact) mass is 274 g/mol. The molecular weight excluding hydrogens is 264 g/mol. The molecule has 1 amide bonds. The van der Waals surface area contributed by atoms with E-state index in [4.69, 9.17) is 0 Å². The van der Waals surface area contributed by atoms with Crippen molar-refractivity contribution in [2.75, 3.05) is 0 Å². The molecule has 2 unspecified atom stereocenters. The number of amides is 1. The molecule has 1 aliphatic rings. The molecule has 1 heterocycles. The van der Waals surface area contributed by atoms with E-state index in [0.29, 0.717) is 9.70 Å². The van der Waals surface area contributed by atoms with Crippen molar-refractivity contribution in [3.8, 4) is 0 Å². The largest absolute Gasteiger partial charge is 0.347 e. The summed E-state index contributed by atoms with van der Waals surface area (Å²) in [6, 6.07) is 0.282. The van der Waals surface area contributed by atoms with E-state index in [1.165, 1.54) is 17.8 Å². The molecule has 1 aromatic rings. The molecule has 0 aliphatic heterocycles. The number of alkyl halides is 1. The van der Waals surface area contributed by atoms with Gasteiger partial charge in [-0.25, -0.2) is 0 Å². The Morgan fingerprint density at radius 3 is 3.07 bits per heavy atom. The van der Waals surface area contributed by atoms with Crippen LogP contribution in [0.5, 0.6) is 0 Å². The number of nitrogens with one attached hydrogen (secondary N) is 1. The van der Waals surface area contributed by atoms with Gasteiger partial charge in [-0.15, -0.1) is 11.3 Å². The topological polar surface area (TPSA) is 42.0 Å². The molecule has 0 saturated heterocycles. The molecule has 0 bridgehead atoms. The minimum absolute atomic E-state index is 0.00356. The van der Waals surface area contributed by atoms with Crippen molar-refractivity contribution in [2.24, 2.45) is 0 Å². The van der Waals surface area contributed by atoms with Crippen molar-refractivity contribution in [3.63, 3.8) is 0 Å². The number of carbonyl (C=O) groups is 1. The second-order valence-electron chi connectivity index (χ2n) is 3.39. The second kappa shape index (κ2) is 4.40. The number of thiazole rings is 1. The van der Waals surface area contributed by atoms with E-state index in [0.717, 1.165) is 12.8 Å².